The number of thiocarbonyl (C=S) groups is 1. The van der Waals surface area contributed by atoms with Crippen LogP contribution in [0.25, 0.3) is 0 Å². The predicted molar refractivity (Wildman–Crippen MR) is 81.9 cm³/mol. The van der Waals surface area contributed by atoms with Crippen LogP contribution in [0.2, 0.25) is 0 Å². The Hall–Kier alpha value is -1.08. The summed E-state index contributed by atoms with van der Waals surface area (Å²) >= 11 is 6.95. The van der Waals surface area contributed by atoms with Gasteiger partial charge in [0.15, 0.2) is 5.11 Å². The summed E-state index contributed by atoms with van der Waals surface area (Å²) in [6, 6.07) is 1.92. The van der Waals surface area contributed by atoms with Crippen LogP contribution in [0.15, 0.2) is 6.07 Å². The van der Waals surface area contributed by atoms with E-state index in [9.17, 15) is 0 Å². The summed E-state index contributed by atoms with van der Waals surface area (Å²) in [6.45, 7) is 4.72. The smallest absolute Gasteiger partial charge is 0.242 e. The Bertz CT molecular complexity index is 377. The third-order valence-corrected chi connectivity index (χ3v) is 3.02. The fourth-order valence-electron chi connectivity index (χ4n) is 1.36. The van der Waals surface area contributed by atoms with Gasteiger partial charge >= 0.3 is 0 Å². The van der Waals surface area contributed by atoms with Gasteiger partial charge in [-0.1, -0.05) is 0 Å². The molecule has 0 bridgehead atoms. The van der Waals surface area contributed by atoms with Gasteiger partial charge in [0.25, 0.3) is 0 Å². The van der Waals surface area contributed by atoms with E-state index >= 15 is 0 Å². The number of aryl methyl sites for hydroxylation is 2. The molecule has 1 aromatic rings. The Labute approximate surface area is 118 Å². The third-order valence-electron chi connectivity index (χ3n) is 2.08. The van der Waals surface area contributed by atoms with Crippen LogP contribution in [0.1, 0.15) is 17.8 Å². The van der Waals surface area contributed by atoms with E-state index in [0.717, 1.165) is 30.1 Å². The molecule has 0 saturated carbocycles. The van der Waals surface area contributed by atoms with Crippen LogP contribution in [0, 0.1) is 13.8 Å². The number of anilines is 1. The topological polar surface area (TPSA) is 61.9 Å². The molecule has 0 spiro atoms. The van der Waals surface area contributed by atoms with Crippen molar-refractivity contribution < 1.29 is 0 Å². The van der Waals surface area contributed by atoms with Crippen LogP contribution in [0.3, 0.4) is 0 Å². The Morgan fingerprint density at radius 1 is 1.33 bits per heavy atom. The van der Waals surface area contributed by atoms with Gasteiger partial charge in [0, 0.05) is 17.9 Å². The molecule has 0 unspecified atom stereocenters. The average molecular weight is 285 g/mol. The summed E-state index contributed by atoms with van der Waals surface area (Å²) in [5.74, 6) is 1.66. The Morgan fingerprint density at radius 2 is 2.00 bits per heavy atom. The van der Waals surface area contributed by atoms with E-state index in [1.165, 1.54) is 0 Å². The van der Waals surface area contributed by atoms with Crippen LogP contribution in [-0.2, 0) is 0 Å². The molecule has 5 nitrogen and oxygen atoms in total. The van der Waals surface area contributed by atoms with E-state index in [-0.39, 0.29) is 0 Å². The molecule has 0 saturated heterocycles. The molecule has 0 aliphatic rings. The highest BCUT2D eigenvalue weighted by molar-refractivity contribution is 7.98. The predicted octanol–water partition coefficient (Wildman–Crippen LogP) is 1.64. The van der Waals surface area contributed by atoms with E-state index in [1.807, 2.05) is 31.7 Å². The van der Waals surface area contributed by atoms with E-state index in [1.54, 1.807) is 0 Å². The second-order valence-electron chi connectivity index (χ2n) is 3.83. The van der Waals surface area contributed by atoms with Crippen molar-refractivity contribution in [3.05, 3.63) is 17.5 Å². The largest absolute Gasteiger partial charge is 0.361 e. The number of hydrazine groups is 1. The van der Waals surface area contributed by atoms with Gasteiger partial charge < -0.3 is 5.32 Å². The van der Waals surface area contributed by atoms with Crippen LogP contribution >= 0.6 is 24.0 Å². The zero-order valence-corrected chi connectivity index (χ0v) is 12.5. The number of hydrogen-bond donors (Lipinski definition) is 3. The summed E-state index contributed by atoms with van der Waals surface area (Å²) in [4.78, 5) is 8.48. The van der Waals surface area contributed by atoms with Crippen LogP contribution in [0.4, 0.5) is 5.95 Å². The van der Waals surface area contributed by atoms with Gasteiger partial charge in [0.1, 0.15) is 0 Å². The van der Waals surface area contributed by atoms with Crippen LogP contribution < -0.4 is 16.2 Å². The number of nitrogens with zero attached hydrogens (tertiary/aromatic N) is 2. The lowest BCUT2D eigenvalue weighted by molar-refractivity contribution is 0.829. The molecule has 0 fully saturated rings. The first-order valence-electron chi connectivity index (χ1n) is 5.73. The van der Waals surface area contributed by atoms with Crippen molar-refractivity contribution in [2.75, 3.05) is 24.0 Å². The second-order valence-corrected chi connectivity index (χ2v) is 5.22. The van der Waals surface area contributed by atoms with Gasteiger partial charge in [-0.15, -0.1) is 0 Å². The number of hydrogen-bond acceptors (Lipinski definition) is 5. The average Bonchev–Trinajstić information content (AvgIpc) is 2.31. The lowest BCUT2D eigenvalue weighted by Gasteiger charge is -2.11. The van der Waals surface area contributed by atoms with Crippen molar-refractivity contribution in [2.45, 2.75) is 20.3 Å². The van der Waals surface area contributed by atoms with Crippen molar-refractivity contribution in [3.8, 4) is 0 Å². The first-order chi connectivity index (χ1) is 8.61. The molecule has 1 rings (SSSR count). The van der Waals surface area contributed by atoms with Crippen LogP contribution in [0.5, 0.6) is 0 Å². The summed E-state index contributed by atoms with van der Waals surface area (Å²) in [7, 11) is 0. The van der Waals surface area contributed by atoms with Gasteiger partial charge in [0.2, 0.25) is 5.95 Å². The summed E-state index contributed by atoms with van der Waals surface area (Å²) < 4.78 is 0. The number of nitrogens with one attached hydrogen (secondary N) is 3. The lowest BCUT2D eigenvalue weighted by atomic mass is 10.4. The molecule has 0 atom stereocenters. The van der Waals surface area contributed by atoms with Gasteiger partial charge in [-0.2, -0.15) is 11.8 Å². The van der Waals surface area contributed by atoms with Crippen molar-refractivity contribution >= 4 is 35.0 Å². The molecule has 0 aliphatic carbocycles. The number of aromatic nitrogens is 2. The minimum atomic E-state index is 0.528. The normalized spacial score (nSPS) is 9.94. The number of thioether (sulfide) groups is 1. The SMILES string of the molecule is CSCCCNC(=S)NNc1nc(C)cc(C)n1. The van der Waals surface area contributed by atoms with Crippen molar-refractivity contribution in [1.82, 2.24) is 20.7 Å². The minimum absolute atomic E-state index is 0.528. The molecule has 0 amide bonds. The van der Waals surface area contributed by atoms with Crippen molar-refractivity contribution in [2.24, 2.45) is 0 Å². The quantitative estimate of drug-likeness (QED) is 0.417. The Balaban J connectivity index is 2.29. The van der Waals surface area contributed by atoms with Crippen LogP contribution in [-0.4, -0.2) is 33.6 Å². The molecule has 7 heteroatoms. The summed E-state index contributed by atoms with van der Waals surface area (Å²) in [5, 5.41) is 3.66. The molecule has 1 aromatic heterocycles. The molecular formula is C11H19N5S2. The highest BCUT2D eigenvalue weighted by Gasteiger charge is 1.99. The molecule has 3 N–H and O–H groups in total. The molecule has 18 heavy (non-hydrogen) atoms. The maximum absolute atomic E-state index is 5.12. The molecule has 100 valence electrons. The number of rotatable bonds is 6. The first kappa shape index (κ1) is 15.0. The highest BCUT2D eigenvalue weighted by atomic mass is 32.2. The zero-order chi connectivity index (χ0) is 13.4. The second kappa shape index (κ2) is 8.10. The van der Waals surface area contributed by atoms with Gasteiger partial charge in [-0.05, 0) is 50.6 Å². The van der Waals surface area contributed by atoms with Gasteiger partial charge in [-0.3, -0.25) is 10.9 Å². The van der Waals surface area contributed by atoms with Gasteiger partial charge in [0.05, 0.1) is 0 Å². The molecule has 0 aromatic carbocycles. The third kappa shape index (κ3) is 6.02. The fraction of sp³-hybridized carbons (Fsp3) is 0.545. The maximum Gasteiger partial charge on any atom is 0.242 e. The zero-order valence-electron chi connectivity index (χ0n) is 10.9. The molecule has 1 heterocycles. The Morgan fingerprint density at radius 3 is 2.61 bits per heavy atom. The maximum atomic E-state index is 5.12. The first-order valence-corrected chi connectivity index (χ1v) is 7.53. The summed E-state index contributed by atoms with van der Waals surface area (Å²) in [5.41, 5.74) is 7.60. The fourth-order valence-corrected chi connectivity index (χ4v) is 1.94. The van der Waals surface area contributed by atoms with E-state index in [2.05, 4.69) is 32.4 Å². The molecule has 0 aliphatic heterocycles. The van der Waals surface area contributed by atoms with E-state index < -0.39 is 0 Å². The highest BCUT2D eigenvalue weighted by Crippen LogP contribution is 2.01. The molecule has 0 radical (unpaired) electrons. The lowest BCUT2D eigenvalue weighted by Crippen LogP contribution is -2.39. The Kier molecular flexibility index (Phi) is 6.74. The van der Waals surface area contributed by atoms with E-state index in [0.29, 0.717) is 11.1 Å². The molecular weight excluding hydrogens is 266 g/mol. The summed E-state index contributed by atoms with van der Waals surface area (Å²) in [6.07, 6.45) is 3.18. The van der Waals surface area contributed by atoms with Crippen molar-refractivity contribution in [1.29, 1.82) is 0 Å². The van der Waals surface area contributed by atoms with E-state index in [4.69, 9.17) is 12.2 Å². The monoisotopic (exact) mass is 285 g/mol. The standard InChI is InChI=1S/C11H19N5S2/c1-8-7-9(2)14-10(13-8)15-16-11(17)12-5-4-6-18-3/h7H,4-6H2,1-3H3,(H2,12,16,17)(H,13,14,15). The van der Waals surface area contributed by atoms with Crippen molar-refractivity contribution in [3.63, 3.8) is 0 Å². The van der Waals surface area contributed by atoms with Gasteiger partial charge in [-0.25, -0.2) is 9.97 Å². The minimum Gasteiger partial charge on any atom is -0.361 e.